The number of hydrogen-bond acceptors (Lipinski definition) is 3. The van der Waals surface area contributed by atoms with E-state index in [0.717, 1.165) is 11.3 Å². The summed E-state index contributed by atoms with van der Waals surface area (Å²) in [7, 11) is 1.89. The Morgan fingerprint density at radius 3 is 2.67 bits per heavy atom. The van der Waals surface area contributed by atoms with Crippen LogP contribution in [0.4, 0.5) is 5.69 Å². The number of hydrogen-bond donors (Lipinski definition) is 2. The summed E-state index contributed by atoms with van der Waals surface area (Å²) < 4.78 is 0. The highest BCUT2D eigenvalue weighted by molar-refractivity contribution is 6.33. The lowest BCUT2D eigenvalue weighted by Crippen LogP contribution is -2.21. The van der Waals surface area contributed by atoms with Gasteiger partial charge in [0.2, 0.25) is 0 Å². The first-order valence-corrected chi connectivity index (χ1v) is 5.31. The van der Waals surface area contributed by atoms with Gasteiger partial charge < -0.3 is 15.7 Å². The Kier molecular flexibility index (Phi) is 4.39. The van der Waals surface area contributed by atoms with E-state index >= 15 is 0 Å². The van der Waals surface area contributed by atoms with Crippen molar-refractivity contribution in [2.24, 2.45) is 5.73 Å². The van der Waals surface area contributed by atoms with Crippen molar-refractivity contribution in [3.63, 3.8) is 0 Å². The van der Waals surface area contributed by atoms with Crippen LogP contribution in [0.25, 0.3) is 0 Å². The van der Waals surface area contributed by atoms with Gasteiger partial charge in [-0.1, -0.05) is 17.7 Å². The van der Waals surface area contributed by atoms with Crippen molar-refractivity contribution in [3.05, 3.63) is 28.8 Å². The zero-order valence-corrected chi connectivity index (χ0v) is 9.83. The van der Waals surface area contributed by atoms with Gasteiger partial charge in [0.1, 0.15) is 0 Å². The molecule has 4 heteroatoms. The zero-order chi connectivity index (χ0) is 11.4. The maximum absolute atomic E-state index is 8.83. The normalized spacial score (nSPS) is 12.6. The minimum atomic E-state index is -0.0142. The van der Waals surface area contributed by atoms with E-state index in [9.17, 15) is 0 Å². The number of benzene rings is 1. The van der Waals surface area contributed by atoms with Crippen molar-refractivity contribution in [2.45, 2.75) is 13.0 Å². The van der Waals surface area contributed by atoms with E-state index in [-0.39, 0.29) is 12.6 Å². The molecule has 3 nitrogen and oxygen atoms in total. The first-order chi connectivity index (χ1) is 7.06. The average molecular weight is 229 g/mol. The fourth-order valence-electron chi connectivity index (χ4n) is 1.39. The van der Waals surface area contributed by atoms with Gasteiger partial charge in [-0.15, -0.1) is 0 Å². The van der Waals surface area contributed by atoms with E-state index in [1.807, 2.05) is 37.1 Å². The lowest BCUT2D eigenvalue weighted by atomic mass is 10.1. The molecule has 0 fully saturated rings. The van der Waals surface area contributed by atoms with Crippen LogP contribution in [-0.2, 0) is 0 Å². The molecule has 0 aromatic heterocycles. The molecule has 15 heavy (non-hydrogen) atoms. The number of nitrogens with zero attached hydrogens (tertiary/aromatic N) is 1. The summed E-state index contributed by atoms with van der Waals surface area (Å²) in [5.41, 5.74) is 7.68. The Morgan fingerprint density at radius 2 is 2.20 bits per heavy atom. The van der Waals surface area contributed by atoms with Crippen molar-refractivity contribution < 1.29 is 5.11 Å². The highest BCUT2D eigenvalue weighted by atomic mass is 35.5. The smallest absolute Gasteiger partial charge is 0.0642 e. The van der Waals surface area contributed by atoms with Crippen LogP contribution >= 0.6 is 11.6 Å². The summed E-state index contributed by atoms with van der Waals surface area (Å²) in [4.78, 5) is 1.91. The van der Waals surface area contributed by atoms with Gasteiger partial charge in [0.25, 0.3) is 0 Å². The van der Waals surface area contributed by atoms with E-state index in [1.54, 1.807) is 0 Å². The monoisotopic (exact) mass is 228 g/mol. The third kappa shape index (κ3) is 3.09. The van der Waals surface area contributed by atoms with Crippen molar-refractivity contribution >= 4 is 17.3 Å². The molecule has 1 aromatic carbocycles. The van der Waals surface area contributed by atoms with E-state index in [0.29, 0.717) is 11.6 Å². The molecule has 84 valence electrons. The summed E-state index contributed by atoms with van der Waals surface area (Å²) in [6.07, 6.45) is 0. The average Bonchev–Trinajstić information content (AvgIpc) is 2.17. The predicted molar refractivity (Wildman–Crippen MR) is 64.4 cm³/mol. The predicted octanol–water partition coefficient (Wildman–Crippen LogP) is 1.79. The van der Waals surface area contributed by atoms with Gasteiger partial charge in [0.15, 0.2) is 0 Å². The maximum atomic E-state index is 8.83. The van der Waals surface area contributed by atoms with Crippen molar-refractivity contribution in [1.29, 1.82) is 0 Å². The van der Waals surface area contributed by atoms with Gasteiger partial charge in [0.05, 0.1) is 17.3 Å². The molecule has 1 aromatic rings. The number of likely N-dealkylation sites (N-methyl/N-ethyl adjacent to an activating group) is 1. The first-order valence-electron chi connectivity index (χ1n) is 4.93. The molecule has 0 aliphatic carbocycles. The number of aliphatic hydroxyl groups is 1. The van der Waals surface area contributed by atoms with Crippen LogP contribution in [0.1, 0.15) is 18.5 Å². The third-order valence-electron chi connectivity index (χ3n) is 2.34. The van der Waals surface area contributed by atoms with Crippen LogP contribution in [0.2, 0.25) is 5.02 Å². The molecular formula is C11H17ClN2O. The molecule has 0 aliphatic heterocycles. The molecule has 0 spiro atoms. The topological polar surface area (TPSA) is 49.5 Å². The Balaban J connectivity index is 2.92. The molecule has 0 radical (unpaired) electrons. The fraction of sp³-hybridized carbons (Fsp3) is 0.455. The third-order valence-corrected chi connectivity index (χ3v) is 2.65. The SMILES string of the molecule is C[C@H](N)c1ccc(N(C)CCO)c(Cl)c1. The van der Waals surface area contributed by atoms with E-state index in [2.05, 4.69) is 0 Å². The quantitative estimate of drug-likeness (QED) is 0.826. The van der Waals surface area contributed by atoms with Crippen LogP contribution in [0.5, 0.6) is 0 Å². The second-order valence-electron chi connectivity index (χ2n) is 3.64. The Hall–Kier alpha value is -0.770. The first kappa shape index (κ1) is 12.3. The number of nitrogens with two attached hydrogens (primary N) is 1. The molecule has 0 bridgehead atoms. The molecule has 0 heterocycles. The Bertz CT molecular complexity index is 328. The molecular weight excluding hydrogens is 212 g/mol. The second-order valence-corrected chi connectivity index (χ2v) is 4.05. The second kappa shape index (κ2) is 5.35. The van der Waals surface area contributed by atoms with Gasteiger partial charge in [-0.2, -0.15) is 0 Å². The van der Waals surface area contributed by atoms with Crippen LogP contribution < -0.4 is 10.6 Å². The highest BCUT2D eigenvalue weighted by Gasteiger charge is 2.07. The number of halogens is 1. The standard InChI is InChI=1S/C11H17ClN2O/c1-8(13)9-3-4-11(10(12)7-9)14(2)5-6-15/h3-4,7-8,15H,5-6,13H2,1-2H3/t8-/m0/s1. The van der Waals surface area contributed by atoms with Crippen molar-refractivity contribution in [1.82, 2.24) is 0 Å². The maximum Gasteiger partial charge on any atom is 0.0642 e. The highest BCUT2D eigenvalue weighted by Crippen LogP contribution is 2.27. The van der Waals surface area contributed by atoms with Crippen LogP contribution in [0.3, 0.4) is 0 Å². The fourth-order valence-corrected chi connectivity index (χ4v) is 1.72. The lowest BCUT2D eigenvalue weighted by Gasteiger charge is -2.20. The van der Waals surface area contributed by atoms with Crippen LogP contribution in [0, 0.1) is 0 Å². The molecule has 0 amide bonds. The number of rotatable bonds is 4. The molecule has 0 saturated heterocycles. The van der Waals surface area contributed by atoms with E-state index in [1.165, 1.54) is 0 Å². The summed E-state index contributed by atoms with van der Waals surface area (Å²) >= 11 is 6.13. The van der Waals surface area contributed by atoms with E-state index in [4.69, 9.17) is 22.4 Å². The van der Waals surface area contributed by atoms with Crippen molar-refractivity contribution in [2.75, 3.05) is 25.1 Å². The van der Waals surface area contributed by atoms with Crippen molar-refractivity contribution in [3.8, 4) is 0 Å². The minimum absolute atomic E-state index is 0.0142. The summed E-state index contributed by atoms with van der Waals surface area (Å²) in [6, 6.07) is 5.74. The number of anilines is 1. The zero-order valence-electron chi connectivity index (χ0n) is 9.07. The summed E-state index contributed by atoms with van der Waals surface area (Å²) in [5.74, 6) is 0. The molecule has 1 rings (SSSR count). The number of aliphatic hydroxyl groups excluding tert-OH is 1. The molecule has 0 unspecified atom stereocenters. The van der Waals surface area contributed by atoms with Crippen LogP contribution in [-0.4, -0.2) is 25.3 Å². The largest absolute Gasteiger partial charge is 0.395 e. The molecule has 3 N–H and O–H groups in total. The molecule has 0 saturated carbocycles. The van der Waals surface area contributed by atoms with Gasteiger partial charge in [-0.05, 0) is 24.6 Å². The van der Waals surface area contributed by atoms with Gasteiger partial charge in [0, 0.05) is 19.6 Å². The Morgan fingerprint density at radius 1 is 1.53 bits per heavy atom. The van der Waals surface area contributed by atoms with E-state index < -0.39 is 0 Å². The van der Waals surface area contributed by atoms with Gasteiger partial charge >= 0.3 is 0 Å². The minimum Gasteiger partial charge on any atom is -0.395 e. The summed E-state index contributed by atoms with van der Waals surface area (Å²) in [5, 5.41) is 9.49. The lowest BCUT2D eigenvalue weighted by molar-refractivity contribution is 0.304. The van der Waals surface area contributed by atoms with Crippen LogP contribution in [0.15, 0.2) is 18.2 Å². The van der Waals surface area contributed by atoms with Gasteiger partial charge in [-0.25, -0.2) is 0 Å². The molecule has 1 atom stereocenters. The van der Waals surface area contributed by atoms with Gasteiger partial charge in [-0.3, -0.25) is 0 Å². The summed E-state index contributed by atoms with van der Waals surface area (Å²) in [6.45, 7) is 2.60. The Labute approximate surface area is 95.5 Å². The molecule has 0 aliphatic rings.